The van der Waals surface area contributed by atoms with Crippen molar-refractivity contribution in [1.82, 2.24) is 0 Å². The van der Waals surface area contributed by atoms with Crippen LogP contribution in [0, 0.1) is 0 Å². The van der Waals surface area contributed by atoms with Crippen molar-refractivity contribution in [3.05, 3.63) is 71.3 Å². The molecule has 2 rings (SSSR count). The molecule has 0 aliphatic heterocycles. The molecule has 2 aromatic carbocycles. The highest BCUT2D eigenvalue weighted by Gasteiger charge is 2.28. The van der Waals surface area contributed by atoms with Crippen molar-refractivity contribution in [2.75, 3.05) is 0 Å². The molecule has 0 nitrogen and oxygen atoms in total. The molecule has 2 aromatic rings. The van der Waals surface area contributed by atoms with Crippen molar-refractivity contribution in [1.29, 1.82) is 0 Å². The van der Waals surface area contributed by atoms with Gasteiger partial charge in [-0.3, -0.25) is 0 Å². The van der Waals surface area contributed by atoms with Gasteiger partial charge in [0.2, 0.25) is 5.13 Å². The first-order chi connectivity index (χ1) is 9.12. The Morgan fingerprint density at radius 3 is 2.16 bits per heavy atom. The third-order valence-electron chi connectivity index (χ3n) is 3.36. The Hall–Kier alpha value is -1.34. The fourth-order valence-electron chi connectivity index (χ4n) is 2.07. The molecule has 0 fully saturated rings. The van der Waals surface area contributed by atoms with Crippen molar-refractivity contribution in [2.45, 2.75) is 31.3 Å². The van der Waals surface area contributed by atoms with Gasteiger partial charge in [-0.2, -0.15) is 0 Å². The van der Waals surface area contributed by atoms with Crippen LogP contribution >= 0.6 is 11.6 Å². The van der Waals surface area contributed by atoms with Crippen LogP contribution in [0.1, 0.15) is 30.0 Å². The molecule has 0 spiro atoms. The summed E-state index contributed by atoms with van der Waals surface area (Å²) in [4.78, 5) is 0. The van der Waals surface area contributed by atoms with Crippen LogP contribution in [0.15, 0.2) is 54.6 Å². The summed E-state index contributed by atoms with van der Waals surface area (Å²) in [5, 5.41) is -1.79. The van der Waals surface area contributed by atoms with E-state index in [9.17, 15) is 4.39 Å². The molecule has 0 saturated heterocycles. The average molecular weight is 277 g/mol. The Balaban J connectivity index is 2.04. The van der Waals surface area contributed by atoms with E-state index < -0.39 is 5.13 Å². The summed E-state index contributed by atoms with van der Waals surface area (Å²) in [6, 6.07) is 17.3. The van der Waals surface area contributed by atoms with Crippen LogP contribution < -0.4 is 0 Å². The van der Waals surface area contributed by atoms with Gasteiger partial charge in [0, 0.05) is 12.0 Å². The first-order valence-electron chi connectivity index (χ1n) is 6.63. The first kappa shape index (κ1) is 14.1. The molecule has 0 saturated carbocycles. The van der Waals surface area contributed by atoms with E-state index in [0.717, 1.165) is 12.0 Å². The second kappa shape index (κ2) is 6.21. The van der Waals surface area contributed by atoms with Crippen LogP contribution in [0.2, 0.25) is 0 Å². The maximum absolute atomic E-state index is 14.5. The van der Waals surface area contributed by atoms with Gasteiger partial charge in [-0.25, -0.2) is 4.39 Å². The molecule has 2 heteroatoms. The molecule has 0 N–H and O–H groups in total. The van der Waals surface area contributed by atoms with Crippen LogP contribution in [0.25, 0.3) is 0 Å². The van der Waals surface area contributed by atoms with E-state index in [1.54, 1.807) is 12.1 Å². The minimum Gasteiger partial charge on any atom is -0.221 e. The lowest BCUT2D eigenvalue weighted by Gasteiger charge is -2.18. The fourth-order valence-corrected chi connectivity index (χ4v) is 2.30. The molecule has 0 aliphatic rings. The quantitative estimate of drug-likeness (QED) is 0.655. The van der Waals surface area contributed by atoms with E-state index in [4.69, 9.17) is 11.6 Å². The third kappa shape index (κ3) is 3.81. The van der Waals surface area contributed by atoms with Gasteiger partial charge >= 0.3 is 0 Å². The van der Waals surface area contributed by atoms with E-state index in [-0.39, 0.29) is 6.42 Å². The van der Waals surface area contributed by atoms with Crippen molar-refractivity contribution in [3.8, 4) is 0 Å². The Morgan fingerprint density at radius 2 is 1.58 bits per heavy atom. The minimum atomic E-state index is -1.79. The predicted molar refractivity (Wildman–Crippen MR) is 79.2 cm³/mol. The maximum Gasteiger partial charge on any atom is 0.209 e. The Morgan fingerprint density at radius 1 is 0.947 bits per heavy atom. The first-order valence-corrected chi connectivity index (χ1v) is 7.01. The molecule has 100 valence electrons. The van der Waals surface area contributed by atoms with Crippen molar-refractivity contribution in [2.24, 2.45) is 0 Å². The molecule has 0 aromatic heterocycles. The van der Waals surface area contributed by atoms with Gasteiger partial charge in [-0.05, 0) is 24.0 Å². The average Bonchev–Trinajstić information content (AvgIpc) is 2.46. The van der Waals surface area contributed by atoms with Crippen LogP contribution in [0.4, 0.5) is 4.39 Å². The van der Waals surface area contributed by atoms with E-state index in [1.165, 1.54) is 5.56 Å². The summed E-state index contributed by atoms with van der Waals surface area (Å²) in [6.45, 7) is 2.08. The van der Waals surface area contributed by atoms with Crippen molar-refractivity contribution < 1.29 is 4.39 Å². The maximum atomic E-state index is 14.5. The molecule has 1 unspecified atom stereocenters. The molecule has 1 atom stereocenters. The molecule has 0 heterocycles. The SMILES string of the molecule is CCc1ccc(C(F)(Cl)CCc2ccccc2)cc1. The molecule has 0 amide bonds. The highest BCUT2D eigenvalue weighted by molar-refractivity contribution is 6.22. The normalized spacial score (nSPS) is 14.1. The number of alkyl halides is 2. The summed E-state index contributed by atoms with van der Waals surface area (Å²) < 4.78 is 14.5. The van der Waals surface area contributed by atoms with Crippen LogP contribution in [-0.4, -0.2) is 0 Å². The fraction of sp³-hybridized carbons (Fsp3) is 0.294. The number of aryl methyl sites for hydroxylation is 2. The summed E-state index contributed by atoms with van der Waals surface area (Å²) in [5.41, 5.74) is 2.84. The number of halogens is 2. The van der Waals surface area contributed by atoms with Gasteiger partial charge in [0.25, 0.3) is 0 Å². The third-order valence-corrected chi connectivity index (χ3v) is 3.76. The van der Waals surface area contributed by atoms with Gasteiger partial charge in [0.05, 0.1) is 0 Å². The topological polar surface area (TPSA) is 0 Å². The van der Waals surface area contributed by atoms with Crippen LogP contribution in [0.5, 0.6) is 0 Å². The zero-order chi connectivity index (χ0) is 13.7. The minimum absolute atomic E-state index is 0.282. The van der Waals surface area contributed by atoms with E-state index in [0.29, 0.717) is 12.0 Å². The van der Waals surface area contributed by atoms with E-state index in [1.807, 2.05) is 42.5 Å². The summed E-state index contributed by atoms with van der Waals surface area (Å²) >= 11 is 6.04. The summed E-state index contributed by atoms with van der Waals surface area (Å²) in [6.07, 6.45) is 1.87. The number of hydrogen-bond acceptors (Lipinski definition) is 0. The highest BCUT2D eigenvalue weighted by atomic mass is 35.5. The lowest BCUT2D eigenvalue weighted by Crippen LogP contribution is -2.13. The zero-order valence-electron chi connectivity index (χ0n) is 11.1. The highest BCUT2D eigenvalue weighted by Crippen LogP contribution is 2.35. The molecular formula is C17H18ClF. The molecule has 19 heavy (non-hydrogen) atoms. The van der Waals surface area contributed by atoms with Crippen molar-refractivity contribution >= 4 is 11.6 Å². The van der Waals surface area contributed by atoms with Gasteiger partial charge in [0.15, 0.2) is 0 Å². The van der Waals surface area contributed by atoms with Gasteiger partial charge in [-0.15, -0.1) is 0 Å². The van der Waals surface area contributed by atoms with Gasteiger partial charge in [-0.1, -0.05) is 73.1 Å². The molecule has 0 bridgehead atoms. The lowest BCUT2D eigenvalue weighted by molar-refractivity contribution is 0.265. The molecule has 0 aliphatic carbocycles. The standard InChI is InChI=1S/C17H18ClF/c1-2-14-8-10-16(11-9-14)17(18,19)13-12-15-6-4-3-5-7-15/h3-11H,2,12-13H2,1H3. The smallest absolute Gasteiger partial charge is 0.209 e. The second-order valence-corrected chi connectivity index (χ2v) is 5.34. The zero-order valence-corrected chi connectivity index (χ0v) is 11.8. The monoisotopic (exact) mass is 276 g/mol. The summed E-state index contributed by atoms with van der Waals surface area (Å²) in [7, 11) is 0. The predicted octanol–water partition coefficient (Wildman–Crippen LogP) is 5.24. The Kier molecular flexibility index (Phi) is 4.60. The molecule has 0 radical (unpaired) electrons. The van der Waals surface area contributed by atoms with Gasteiger partial charge in [0.1, 0.15) is 0 Å². The van der Waals surface area contributed by atoms with Crippen molar-refractivity contribution in [3.63, 3.8) is 0 Å². The summed E-state index contributed by atoms with van der Waals surface area (Å²) in [5.74, 6) is 0. The molecular weight excluding hydrogens is 259 g/mol. The Labute approximate surface area is 119 Å². The van der Waals surface area contributed by atoms with Gasteiger partial charge < -0.3 is 0 Å². The largest absolute Gasteiger partial charge is 0.221 e. The van der Waals surface area contributed by atoms with Crippen LogP contribution in [0.3, 0.4) is 0 Å². The lowest BCUT2D eigenvalue weighted by atomic mass is 10.0. The number of hydrogen-bond donors (Lipinski definition) is 0. The Bertz CT molecular complexity index is 503. The second-order valence-electron chi connectivity index (χ2n) is 4.74. The van der Waals surface area contributed by atoms with E-state index >= 15 is 0 Å². The van der Waals surface area contributed by atoms with Crippen LogP contribution in [-0.2, 0) is 18.0 Å². The number of rotatable bonds is 5. The number of benzene rings is 2. The van der Waals surface area contributed by atoms with E-state index in [2.05, 4.69) is 6.92 Å².